The van der Waals surface area contributed by atoms with Gasteiger partial charge in [-0.05, 0) is 37.0 Å². The molecule has 0 atom stereocenters. The zero-order chi connectivity index (χ0) is 14.9. The van der Waals surface area contributed by atoms with Crippen molar-refractivity contribution < 1.29 is 4.79 Å². The molecule has 0 aromatic heterocycles. The Kier molecular flexibility index (Phi) is 3.23. The summed E-state index contributed by atoms with van der Waals surface area (Å²) in [5.41, 5.74) is 2.64. The second-order valence-corrected chi connectivity index (χ2v) is 5.51. The molecule has 0 spiro atoms. The summed E-state index contributed by atoms with van der Waals surface area (Å²) in [5.74, 6) is -0.0178. The highest BCUT2D eigenvalue weighted by atomic mass is 16.2. The third kappa shape index (κ3) is 2.30. The second kappa shape index (κ2) is 5.06. The molecule has 0 aliphatic heterocycles. The summed E-state index contributed by atoms with van der Waals surface area (Å²) in [4.78, 5) is 12.7. The van der Waals surface area contributed by atoms with Crippen molar-refractivity contribution in [1.29, 1.82) is 5.26 Å². The van der Waals surface area contributed by atoms with Gasteiger partial charge in [0, 0.05) is 0 Å². The minimum atomic E-state index is -0.419. The van der Waals surface area contributed by atoms with Gasteiger partial charge in [0.05, 0.1) is 16.7 Å². The van der Waals surface area contributed by atoms with Crippen LogP contribution in [0.5, 0.6) is 0 Å². The topological polar surface area (TPSA) is 52.9 Å². The number of carbonyl (C=O) groups is 1. The van der Waals surface area contributed by atoms with Gasteiger partial charge < -0.3 is 5.32 Å². The fourth-order valence-corrected chi connectivity index (χ4v) is 2.69. The molecule has 2 aromatic carbocycles. The molecule has 1 amide bonds. The number of aryl methyl sites for hydroxylation is 1. The normalized spacial score (nSPS) is 15.0. The summed E-state index contributed by atoms with van der Waals surface area (Å²) in [6, 6.07) is 17.5. The smallest absolute Gasteiger partial charge is 0.235 e. The fourth-order valence-electron chi connectivity index (χ4n) is 2.69. The molecule has 1 saturated carbocycles. The molecule has 21 heavy (non-hydrogen) atoms. The lowest BCUT2D eigenvalue weighted by molar-refractivity contribution is -0.118. The molecule has 104 valence electrons. The summed E-state index contributed by atoms with van der Waals surface area (Å²) in [7, 11) is 0. The van der Waals surface area contributed by atoms with E-state index in [0.29, 0.717) is 11.3 Å². The zero-order valence-electron chi connectivity index (χ0n) is 11.9. The monoisotopic (exact) mass is 276 g/mol. The predicted molar refractivity (Wildman–Crippen MR) is 81.9 cm³/mol. The highest BCUT2D eigenvalue weighted by molar-refractivity contribution is 6.02. The molecule has 3 nitrogen and oxygen atoms in total. The van der Waals surface area contributed by atoms with Crippen LogP contribution in [0.4, 0.5) is 5.69 Å². The van der Waals surface area contributed by atoms with Gasteiger partial charge in [-0.25, -0.2) is 0 Å². The molecule has 3 rings (SSSR count). The first-order chi connectivity index (χ1) is 10.2. The lowest BCUT2D eigenvalue weighted by Gasteiger charge is -2.16. The number of hydrogen-bond donors (Lipinski definition) is 1. The lowest BCUT2D eigenvalue weighted by atomic mass is 9.94. The molecule has 1 N–H and O–H groups in total. The molecule has 0 bridgehead atoms. The van der Waals surface area contributed by atoms with Crippen LogP contribution in [0.3, 0.4) is 0 Å². The van der Waals surface area contributed by atoms with E-state index in [1.165, 1.54) is 0 Å². The number of nitriles is 1. The van der Waals surface area contributed by atoms with Gasteiger partial charge in [0.15, 0.2) is 0 Å². The van der Waals surface area contributed by atoms with Gasteiger partial charge >= 0.3 is 0 Å². The molecule has 1 aliphatic rings. The van der Waals surface area contributed by atoms with Crippen LogP contribution >= 0.6 is 0 Å². The Morgan fingerprint density at radius 2 is 1.86 bits per heavy atom. The van der Waals surface area contributed by atoms with Gasteiger partial charge in [0.1, 0.15) is 6.07 Å². The van der Waals surface area contributed by atoms with Crippen molar-refractivity contribution in [2.75, 3.05) is 5.32 Å². The predicted octanol–water partition coefficient (Wildman–Crippen LogP) is 3.54. The van der Waals surface area contributed by atoms with E-state index in [9.17, 15) is 10.1 Å². The molecular formula is C18H16N2O. The number of carbonyl (C=O) groups excluding carboxylic acids is 1. The van der Waals surface area contributed by atoms with E-state index in [0.717, 1.165) is 24.0 Å². The maximum absolute atomic E-state index is 12.7. The molecule has 0 saturated heterocycles. The number of rotatable bonds is 3. The fraction of sp³-hybridized carbons (Fsp3) is 0.222. The molecular weight excluding hydrogens is 260 g/mol. The van der Waals surface area contributed by atoms with Crippen LogP contribution in [0.1, 0.15) is 29.5 Å². The van der Waals surface area contributed by atoms with E-state index >= 15 is 0 Å². The van der Waals surface area contributed by atoms with Crippen LogP contribution in [-0.4, -0.2) is 5.91 Å². The van der Waals surface area contributed by atoms with Crippen LogP contribution in [0.15, 0.2) is 48.5 Å². The summed E-state index contributed by atoms with van der Waals surface area (Å²) in [6.45, 7) is 1.87. The van der Waals surface area contributed by atoms with Gasteiger partial charge in [-0.15, -0.1) is 0 Å². The quantitative estimate of drug-likeness (QED) is 0.932. The Labute approximate surface area is 124 Å². The number of nitrogens with one attached hydrogen (secondary N) is 1. The molecule has 3 heteroatoms. The van der Waals surface area contributed by atoms with Crippen molar-refractivity contribution in [1.82, 2.24) is 0 Å². The summed E-state index contributed by atoms with van der Waals surface area (Å²) >= 11 is 0. The highest BCUT2D eigenvalue weighted by Crippen LogP contribution is 2.49. The average molecular weight is 276 g/mol. The zero-order valence-corrected chi connectivity index (χ0v) is 11.9. The van der Waals surface area contributed by atoms with Gasteiger partial charge in [-0.3, -0.25) is 4.79 Å². The first-order valence-electron chi connectivity index (χ1n) is 7.04. The van der Waals surface area contributed by atoms with Gasteiger partial charge in [-0.2, -0.15) is 5.26 Å². The Morgan fingerprint density at radius 3 is 2.48 bits per heavy atom. The number of amides is 1. The Bertz CT molecular complexity index is 725. The van der Waals surface area contributed by atoms with E-state index < -0.39 is 5.41 Å². The molecule has 1 fully saturated rings. The van der Waals surface area contributed by atoms with E-state index in [4.69, 9.17) is 0 Å². The minimum Gasteiger partial charge on any atom is -0.324 e. The summed E-state index contributed by atoms with van der Waals surface area (Å²) in [5, 5.41) is 12.2. The van der Waals surface area contributed by atoms with Crippen molar-refractivity contribution in [3.8, 4) is 6.07 Å². The van der Waals surface area contributed by atoms with Crippen LogP contribution in [-0.2, 0) is 10.2 Å². The van der Waals surface area contributed by atoms with E-state index in [1.54, 1.807) is 6.07 Å². The van der Waals surface area contributed by atoms with Crippen molar-refractivity contribution in [2.24, 2.45) is 0 Å². The second-order valence-electron chi connectivity index (χ2n) is 5.51. The van der Waals surface area contributed by atoms with Crippen molar-refractivity contribution in [3.63, 3.8) is 0 Å². The average Bonchev–Trinajstić information content (AvgIpc) is 3.30. The Morgan fingerprint density at radius 1 is 1.14 bits per heavy atom. The third-order valence-electron chi connectivity index (χ3n) is 4.14. The maximum Gasteiger partial charge on any atom is 0.235 e. The van der Waals surface area contributed by atoms with Gasteiger partial charge in [0.2, 0.25) is 5.91 Å². The highest BCUT2D eigenvalue weighted by Gasteiger charge is 2.51. The van der Waals surface area contributed by atoms with Crippen molar-refractivity contribution in [2.45, 2.75) is 25.2 Å². The number of nitrogens with zero attached hydrogens (tertiary/aromatic N) is 1. The van der Waals surface area contributed by atoms with E-state index in [2.05, 4.69) is 11.4 Å². The largest absolute Gasteiger partial charge is 0.324 e. The molecule has 1 aliphatic carbocycles. The first kappa shape index (κ1) is 13.4. The van der Waals surface area contributed by atoms with Crippen LogP contribution in [0, 0.1) is 18.3 Å². The van der Waals surface area contributed by atoms with Gasteiger partial charge in [0.25, 0.3) is 0 Å². The standard InChI is InChI=1S/C18H16N2O/c1-13-6-5-9-16(15(13)12-19)20-17(21)18(10-11-18)14-7-3-2-4-8-14/h2-9H,10-11H2,1H3,(H,20,21). The maximum atomic E-state index is 12.7. The third-order valence-corrected chi connectivity index (χ3v) is 4.14. The molecule has 0 radical (unpaired) electrons. The number of hydrogen-bond acceptors (Lipinski definition) is 2. The molecule has 0 unspecified atom stereocenters. The Hall–Kier alpha value is -2.60. The number of benzene rings is 2. The van der Waals surface area contributed by atoms with Crippen LogP contribution in [0.25, 0.3) is 0 Å². The lowest BCUT2D eigenvalue weighted by Crippen LogP contribution is -2.28. The van der Waals surface area contributed by atoms with Crippen molar-refractivity contribution >= 4 is 11.6 Å². The van der Waals surface area contributed by atoms with Crippen molar-refractivity contribution in [3.05, 3.63) is 65.2 Å². The first-order valence-corrected chi connectivity index (χ1v) is 7.04. The van der Waals surface area contributed by atoms with Crippen LogP contribution < -0.4 is 5.32 Å². The molecule has 0 heterocycles. The van der Waals surface area contributed by atoms with E-state index in [1.807, 2.05) is 49.4 Å². The number of anilines is 1. The molecule has 2 aromatic rings. The Balaban J connectivity index is 1.89. The summed E-state index contributed by atoms with van der Waals surface area (Å²) in [6.07, 6.45) is 1.72. The van der Waals surface area contributed by atoms with Crippen LogP contribution in [0.2, 0.25) is 0 Å². The van der Waals surface area contributed by atoms with E-state index in [-0.39, 0.29) is 5.91 Å². The minimum absolute atomic E-state index is 0.0178. The summed E-state index contributed by atoms with van der Waals surface area (Å²) < 4.78 is 0. The van der Waals surface area contributed by atoms with Gasteiger partial charge in [-0.1, -0.05) is 42.5 Å². The SMILES string of the molecule is Cc1cccc(NC(=O)C2(c3ccccc3)CC2)c1C#N.